The molecule has 0 saturated carbocycles. The highest BCUT2D eigenvalue weighted by molar-refractivity contribution is 6.35. The molecule has 0 aromatic heterocycles. The van der Waals surface area contributed by atoms with Crippen LogP contribution >= 0.6 is 35.6 Å². The van der Waals surface area contributed by atoms with Crippen LogP contribution in [0.4, 0.5) is 0 Å². The minimum Gasteiger partial charge on any atom is -0.458 e. The quantitative estimate of drug-likeness (QED) is 0.701. The van der Waals surface area contributed by atoms with Gasteiger partial charge in [0.1, 0.15) is 18.2 Å². The molecule has 1 aromatic rings. The summed E-state index contributed by atoms with van der Waals surface area (Å²) in [7, 11) is 0. The van der Waals surface area contributed by atoms with Gasteiger partial charge in [-0.15, -0.1) is 12.4 Å². The van der Waals surface area contributed by atoms with E-state index in [1.807, 2.05) is 6.07 Å². The molecule has 0 amide bonds. The number of benzene rings is 1. The van der Waals surface area contributed by atoms with Crippen molar-refractivity contribution in [2.75, 3.05) is 13.2 Å². The molecule has 2 N–H and O–H groups in total. The molecule has 1 heterocycles. The van der Waals surface area contributed by atoms with Crippen molar-refractivity contribution in [1.82, 2.24) is 0 Å². The van der Waals surface area contributed by atoms with E-state index >= 15 is 0 Å². The van der Waals surface area contributed by atoms with Gasteiger partial charge in [0.25, 0.3) is 0 Å². The lowest BCUT2D eigenvalue weighted by atomic mass is 9.91. The van der Waals surface area contributed by atoms with E-state index in [0.29, 0.717) is 16.5 Å². The van der Waals surface area contributed by atoms with Crippen LogP contribution in [-0.4, -0.2) is 43.4 Å². The maximum absolute atomic E-state index is 12.2. The molecule has 1 aliphatic rings. The van der Waals surface area contributed by atoms with E-state index < -0.39 is 24.2 Å². The molecule has 9 heteroatoms. The first-order valence-electron chi connectivity index (χ1n) is 8.87. The topological polar surface area (TPSA) is 87.9 Å². The molecular formula is C19H26Cl3NO5. The Hall–Kier alpha value is -1.05. The molecule has 6 nitrogen and oxygen atoms in total. The molecular weight excluding hydrogens is 429 g/mol. The number of cyclic esters (lactones) is 1. The number of nitrogens with two attached hydrogens (primary N) is 1. The Bertz CT molecular complexity index is 686. The maximum atomic E-state index is 12.2. The van der Waals surface area contributed by atoms with Gasteiger partial charge < -0.3 is 19.9 Å². The number of carbonyl (C=O) groups excluding carboxylic acids is 2. The van der Waals surface area contributed by atoms with E-state index in [1.54, 1.807) is 32.9 Å². The van der Waals surface area contributed by atoms with Gasteiger partial charge in [-0.05, 0) is 31.0 Å². The lowest BCUT2D eigenvalue weighted by Gasteiger charge is -2.31. The van der Waals surface area contributed by atoms with E-state index in [4.69, 9.17) is 43.1 Å². The van der Waals surface area contributed by atoms with Crippen LogP contribution in [0.2, 0.25) is 10.0 Å². The third-order valence-electron chi connectivity index (χ3n) is 4.38. The summed E-state index contributed by atoms with van der Waals surface area (Å²) >= 11 is 12.3. The van der Waals surface area contributed by atoms with Crippen molar-refractivity contribution in [2.24, 2.45) is 17.6 Å². The molecule has 0 bridgehead atoms. The Morgan fingerprint density at radius 1 is 1.32 bits per heavy atom. The second kappa shape index (κ2) is 11.2. The average molecular weight is 455 g/mol. The van der Waals surface area contributed by atoms with Gasteiger partial charge in [-0.25, -0.2) is 0 Å². The molecule has 1 aromatic carbocycles. The van der Waals surface area contributed by atoms with E-state index in [1.165, 1.54) is 0 Å². The predicted octanol–water partition coefficient (Wildman–Crippen LogP) is 3.43. The summed E-state index contributed by atoms with van der Waals surface area (Å²) in [4.78, 5) is 24.3. The van der Waals surface area contributed by atoms with Gasteiger partial charge >= 0.3 is 11.9 Å². The van der Waals surface area contributed by atoms with Gasteiger partial charge in [-0.1, -0.05) is 43.1 Å². The van der Waals surface area contributed by atoms with Crippen LogP contribution in [-0.2, 0) is 30.2 Å². The first-order chi connectivity index (χ1) is 12.7. The average Bonchev–Trinajstić information content (AvgIpc) is 2.63. The first-order valence-corrected chi connectivity index (χ1v) is 9.62. The van der Waals surface area contributed by atoms with Crippen LogP contribution in [0.15, 0.2) is 18.2 Å². The molecule has 0 aliphatic carbocycles. The SMILES string of the molecule is CC(C)C(=O)O[C@@H]1[C@@H](Cc2ccc(Cl)cc2Cl)COC[C@H](N)C(=O)O[C@H]1C.Cl. The third kappa shape index (κ3) is 6.78. The summed E-state index contributed by atoms with van der Waals surface area (Å²) in [5.74, 6) is -1.56. The van der Waals surface area contributed by atoms with Crippen molar-refractivity contribution >= 4 is 47.5 Å². The minimum atomic E-state index is -0.883. The number of hydrogen-bond donors (Lipinski definition) is 1. The highest BCUT2D eigenvalue weighted by atomic mass is 35.5. The van der Waals surface area contributed by atoms with Crippen molar-refractivity contribution in [3.63, 3.8) is 0 Å². The van der Waals surface area contributed by atoms with Crippen molar-refractivity contribution in [3.05, 3.63) is 33.8 Å². The van der Waals surface area contributed by atoms with Crippen LogP contribution in [0, 0.1) is 11.8 Å². The summed E-state index contributed by atoms with van der Waals surface area (Å²) in [5.41, 5.74) is 6.61. The summed E-state index contributed by atoms with van der Waals surface area (Å²) in [6.45, 7) is 5.44. The third-order valence-corrected chi connectivity index (χ3v) is 4.97. The Morgan fingerprint density at radius 2 is 2.00 bits per heavy atom. The van der Waals surface area contributed by atoms with Crippen LogP contribution in [0.25, 0.3) is 0 Å². The molecule has 2 rings (SSSR count). The van der Waals surface area contributed by atoms with Crippen molar-refractivity contribution in [1.29, 1.82) is 0 Å². The molecule has 1 saturated heterocycles. The number of rotatable bonds is 4. The Morgan fingerprint density at radius 3 is 2.61 bits per heavy atom. The number of hydrogen-bond acceptors (Lipinski definition) is 6. The van der Waals surface area contributed by atoms with E-state index in [0.717, 1.165) is 5.56 Å². The Labute approximate surface area is 181 Å². The van der Waals surface area contributed by atoms with Crippen LogP contribution < -0.4 is 5.73 Å². The minimum absolute atomic E-state index is 0. The summed E-state index contributed by atoms with van der Waals surface area (Å²) in [6, 6.07) is 4.34. The fourth-order valence-electron chi connectivity index (χ4n) is 2.84. The van der Waals surface area contributed by atoms with Crippen molar-refractivity contribution < 1.29 is 23.8 Å². The number of ether oxygens (including phenoxy) is 3. The maximum Gasteiger partial charge on any atom is 0.325 e. The number of esters is 2. The van der Waals surface area contributed by atoms with Gasteiger partial charge in [0.15, 0.2) is 0 Å². The lowest BCUT2D eigenvalue weighted by Crippen LogP contribution is -2.43. The van der Waals surface area contributed by atoms with Gasteiger partial charge in [-0.3, -0.25) is 9.59 Å². The molecule has 1 aliphatic heterocycles. The van der Waals surface area contributed by atoms with E-state index in [-0.39, 0.29) is 43.4 Å². The van der Waals surface area contributed by atoms with Gasteiger partial charge in [0.05, 0.1) is 19.1 Å². The monoisotopic (exact) mass is 453 g/mol. The summed E-state index contributed by atoms with van der Waals surface area (Å²) in [6.07, 6.45) is -0.909. The Balaban J connectivity index is 0.00000392. The largest absolute Gasteiger partial charge is 0.458 e. The molecule has 28 heavy (non-hydrogen) atoms. The highest BCUT2D eigenvalue weighted by Gasteiger charge is 2.36. The van der Waals surface area contributed by atoms with Crippen molar-refractivity contribution in [3.8, 4) is 0 Å². The van der Waals surface area contributed by atoms with Gasteiger partial charge in [-0.2, -0.15) is 0 Å². The molecule has 158 valence electrons. The zero-order valence-electron chi connectivity index (χ0n) is 16.0. The zero-order chi connectivity index (χ0) is 20.1. The fourth-order valence-corrected chi connectivity index (χ4v) is 3.32. The highest BCUT2D eigenvalue weighted by Crippen LogP contribution is 2.28. The van der Waals surface area contributed by atoms with Crippen LogP contribution in [0.5, 0.6) is 0 Å². The van der Waals surface area contributed by atoms with Crippen molar-refractivity contribution in [2.45, 2.75) is 45.4 Å². The second-order valence-electron chi connectivity index (χ2n) is 7.04. The zero-order valence-corrected chi connectivity index (χ0v) is 18.4. The summed E-state index contributed by atoms with van der Waals surface area (Å²) < 4.78 is 16.7. The van der Waals surface area contributed by atoms with Gasteiger partial charge in [0.2, 0.25) is 0 Å². The number of halogens is 3. The smallest absolute Gasteiger partial charge is 0.325 e. The van der Waals surface area contributed by atoms with E-state index in [9.17, 15) is 9.59 Å². The summed E-state index contributed by atoms with van der Waals surface area (Å²) in [5, 5.41) is 1.04. The molecule has 1 fully saturated rings. The predicted molar refractivity (Wildman–Crippen MR) is 110 cm³/mol. The molecule has 0 radical (unpaired) electrons. The second-order valence-corrected chi connectivity index (χ2v) is 7.89. The Kier molecular flexibility index (Phi) is 10.0. The number of carbonyl (C=O) groups is 2. The first kappa shape index (κ1) is 25.0. The molecule has 0 spiro atoms. The van der Waals surface area contributed by atoms with Crippen LogP contribution in [0.1, 0.15) is 26.3 Å². The van der Waals surface area contributed by atoms with Gasteiger partial charge in [0, 0.05) is 16.0 Å². The lowest BCUT2D eigenvalue weighted by molar-refractivity contribution is -0.173. The molecule has 4 atom stereocenters. The molecule has 0 unspecified atom stereocenters. The van der Waals surface area contributed by atoms with Crippen LogP contribution in [0.3, 0.4) is 0 Å². The standard InChI is InChI=1S/C19H25Cl2NO5.ClH/c1-10(2)18(23)27-17-11(3)26-19(24)16(22)9-25-8-13(17)6-12-4-5-14(20)7-15(12)21;/h4-5,7,10-11,13,16-17H,6,8-9,22H2,1-3H3;1H/t11-,13-,16-,17-;/m0./s1. The fraction of sp³-hybridized carbons (Fsp3) is 0.579. The van der Waals surface area contributed by atoms with E-state index in [2.05, 4.69) is 0 Å². The normalized spacial score (nSPS) is 25.8.